The van der Waals surface area contributed by atoms with Gasteiger partial charge in [-0.2, -0.15) is 0 Å². The largest absolute Gasteiger partial charge is 0.344 e. The Hall–Kier alpha value is -0.0800. The summed E-state index contributed by atoms with van der Waals surface area (Å²) in [5, 5.41) is 0. The van der Waals surface area contributed by atoms with Gasteiger partial charge in [0.15, 0.2) is 5.79 Å². The zero-order chi connectivity index (χ0) is 14.6. The normalized spacial score (nSPS) is 58.5. The van der Waals surface area contributed by atoms with Crippen LogP contribution in [0.15, 0.2) is 0 Å². The van der Waals surface area contributed by atoms with Crippen molar-refractivity contribution >= 4 is 0 Å². The Morgan fingerprint density at radius 2 is 1.60 bits per heavy atom. The first-order valence-corrected chi connectivity index (χ1v) is 8.50. The summed E-state index contributed by atoms with van der Waals surface area (Å²) in [6.07, 6.45) is 5.70. The molecule has 0 radical (unpaired) electrons. The van der Waals surface area contributed by atoms with Gasteiger partial charge in [0.2, 0.25) is 0 Å². The van der Waals surface area contributed by atoms with Gasteiger partial charge in [0, 0.05) is 0 Å². The fraction of sp³-hybridized carbons (Fsp3) is 1.00. The van der Waals surface area contributed by atoms with Crippen LogP contribution in [0.25, 0.3) is 0 Å². The number of rotatable bonds is 0. The molecule has 1 spiro atoms. The van der Waals surface area contributed by atoms with Gasteiger partial charge >= 0.3 is 0 Å². The molecule has 1 heterocycles. The number of hydrogen-bond donors (Lipinski definition) is 0. The Morgan fingerprint density at radius 3 is 2.30 bits per heavy atom. The lowest BCUT2D eigenvalue weighted by Crippen LogP contribution is -2.52. The topological polar surface area (TPSA) is 18.5 Å². The van der Waals surface area contributed by atoms with E-state index in [0.717, 1.165) is 11.8 Å². The highest BCUT2D eigenvalue weighted by Gasteiger charge is 2.73. The van der Waals surface area contributed by atoms with Gasteiger partial charge in [-0.25, -0.2) is 0 Å². The highest BCUT2D eigenvalue weighted by atomic mass is 16.8. The molecule has 2 bridgehead atoms. The van der Waals surface area contributed by atoms with Crippen LogP contribution in [-0.4, -0.2) is 17.5 Å². The summed E-state index contributed by atoms with van der Waals surface area (Å²) in [7, 11) is 0. The molecule has 3 aliphatic carbocycles. The molecule has 4 fully saturated rings. The van der Waals surface area contributed by atoms with Crippen LogP contribution in [0.1, 0.15) is 67.2 Å². The van der Waals surface area contributed by atoms with Crippen LogP contribution < -0.4 is 0 Å². The summed E-state index contributed by atoms with van der Waals surface area (Å²) < 4.78 is 12.8. The van der Waals surface area contributed by atoms with E-state index in [0.29, 0.717) is 22.9 Å². The third-order valence-corrected chi connectivity index (χ3v) is 7.73. The van der Waals surface area contributed by atoms with Gasteiger partial charge in [-0.15, -0.1) is 0 Å². The number of fused-ring (bicyclic) bond motifs is 3. The second-order valence-electron chi connectivity index (χ2n) is 9.34. The summed E-state index contributed by atoms with van der Waals surface area (Å²) >= 11 is 0. The standard InChI is InChI=1S/C18H30O2/c1-11-7-8-12-15(2,3)13-9-18(11,12)10-14-17(13,6)20-16(4,5)19-14/h11-14H,7-10H2,1-6H3/t11-,12+,13-,14-,17+,18?/m1/s1. The fourth-order valence-corrected chi connectivity index (χ4v) is 7.01. The van der Waals surface area contributed by atoms with Gasteiger partial charge < -0.3 is 9.47 Å². The first-order chi connectivity index (χ1) is 9.12. The Balaban J connectivity index is 1.82. The van der Waals surface area contributed by atoms with E-state index in [1.807, 2.05) is 0 Å². The molecular formula is C18H30O2. The fourth-order valence-electron chi connectivity index (χ4n) is 7.01. The third kappa shape index (κ3) is 1.34. The van der Waals surface area contributed by atoms with Gasteiger partial charge in [-0.05, 0) is 75.0 Å². The molecule has 6 atom stereocenters. The van der Waals surface area contributed by atoms with Gasteiger partial charge in [-0.3, -0.25) is 0 Å². The highest BCUT2D eigenvalue weighted by molar-refractivity contribution is 5.21. The molecule has 1 unspecified atom stereocenters. The van der Waals surface area contributed by atoms with Gasteiger partial charge in [0.1, 0.15) is 0 Å². The minimum absolute atomic E-state index is 0.0810. The molecule has 1 aliphatic heterocycles. The Morgan fingerprint density at radius 1 is 0.900 bits per heavy atom. The molecule has 0 aromatic rings. The minimum atomic E-state index is -0.409. The quantitative estimate of drug-likeness (QED) is 0.654. The molecule has 4 rings (SSSR count). The zero-order valence-electron chi connectivity index (χ0n) is 14.0. The maximum atomic E-state index is 6.48. The summed E-state index contributed by atoms with van der Waals surface area (Å²) in [5.41, 5.74) is 0.836. The van der Waals surface area contributed by atoms with Crippen LogP contribution in [0.5, 0.6) is 0 Å². The molecule has 2 nitrogen and oxygen atoms in total. The van der Waals surface area contributed by atoms with Crippen molar-refractivity contribution in [3.05, 3.63) is 0 Å². The van der Waals surface area contributed by atoms with Gasteiger partial charge in [0.25, 0.3) is 0 Å². The second-order valence-corrected chi connectivity index (χ2v) is 9.34. The molecule has 3 saturated carbocycles. The van der Waals surface area contributed by atoms with Crippen molar-refractivity contribution in [2.75, 3.05) is 0 Å². The highest BCUT2D eigenvalue weighted by Crippen LogP contribution is 2.75. The molecule has 2 heteroatoms. The molecule has 0 amide bonds. The van der Waals surface area contributed by atoms with E-state index in [9.17, 15) is 0 Å². The molecule has 0 N–H and O–H groups in total. The lowest BCUT2D eigenvalue weighted by molar-refractivity contribution is -0.177. The predicted molar refractivity (Wildman–Crippen MR) is 79.3 cm³/mol. The summed E-state index contributed by atoms with van der Waals surface area (Å²) in [6.45, 7) is 14.0. The van der Waals surface area contributed by atoms with Crippen LogP contribution in [0.2, 0.25) is 0 Å². The average molecular weight is 278 g/mol. The second kappa shape index (κ2) is 3.46. The van der Waals surface area contributed by atoms with E-state index in [4.69, 9.17) is 9.47 Å². The smallest absolute Gasteiger partial charge is 0.164 e. The maximum Gasteiger partial charge on any atom is 0.164 e. The molecule has 0 aromatic carbocycles. The molecule has 20 heavy (non-hydrogen) atoms. The lowest BCUT2D eigenvalue weighted by Gasteiger charge is -2.47. The van der Waals surface area contributed by atoms with Crippen molar-refractivity contribution < 1.29 is 9.47 Å². The number of hydrogen-bond acceptors (Lipinski definition) is 2. The van der Waals surface area contributed by atoms with Gasteiger partial charge in [-0.1, -0.05) is 20.8 Å². The molecule has 114 valence electrons. The van der Waals surface area contributed by atoms with Crippen molar-refractivity contribution in [3.8, 4) is 0 Å². The summed E-state index contributed by atoms with van der Waals surface area (Å²) in [5.74, 6) is 1.96. The molecular weight excluding hydrogens is 248 g/mol. The van der Waals surface area contributed by atoms with Crippen molar-refractivity contribution in [2.45, 2.75) is 84.7 Å². The van der Waals surface area contributed by atoms with Crippen LogP contribution in [-0.2, 0) is 9.47 Å². The molecule has 1 saturated heterocycles. The van der Waals surface area contributed by atoms with E-state index in [1.165, 1.54) is 25.7 Å². The molecule has 4 aliphatic rings. The zero-order valence-corrected chi connectivity index (χ0v) is 14.0. The van der Waals surface area contributed by atoms with Crippen LogP contribution in [0.3, 0.4) is 0 Å². The van der Waals surface area contributed by atoms with Crippen molar-refractivity contribution in [2.24, 2.45) is 28.6 Å². The maximum absolute atomic E-state index is 6.48. The first-order valence-electron chi connectivity index (χ1n) is 8.50. The lowest BCUT2D eigenvalue weighted by atomic mass is 9.63. The predicted octanol–water partition coefficient (Wildman–Crippen LogP) is 4.38. The first kappa shape index (κ1) is 13.6. The van der Waals surface area contributed by atoms with E-state index in [-0.39, 0.29) is 5.60 Å². The molecule has 0 aromatic heterocycles. The van der Waals surface area contributed by atoms with Crippen molar-refractivity contribution in [1.29, 1.82) is 0 Å². The van der Waals surface area contributed by atoms with Crippen LogP contribution >= 0.6 is 0 Å². The summed E-state index contributed by atoms with van der Waals surface area (Å²) in [4.78, 5) is 0. The van der Waals surface area contributed by atoms with Gasteiger partial charge in [0.05, 0.1) is 11.7 Å². The van der Waals surface area contributed by atoms with E-state index in [1.54, 1.807) is 0 Å². The number of ether oxygens (including phenoxy) is 2. The SMILES string of the molecule is C[C@@H]1CC[C@H]2C(C)(C)[C@H]3CC12C[C@H]1OC(C)(C)O[C@@]31C. The van der Waals surface area contributed by atoms with Crippen molar-refractivity contribution in [1.82, 2.24) is 0 Å². The Kier molecular flexibility index (Phi) is 2.35. The Bertz CT molecular complexity index is 454. The average Bonchev–Trinajstić information content (AvgIpc) is 2.80. The van der Waals surface area contributed by atoms with Crippen LogP contribution in [0, 0.1) is 28.6 Å². The third-order valence-electron chi connectivity index (χ3n) is 7.73. The van der Waals surface area contributed by atoms with Crippen molar-refractivity contribution in [3.63, 3.8) is 0 Å². The summed E-state index contributed by atoms with van der Waals surface area (Å²) in [6, 6.07) is 0. The van der Waals surface area contributed by atoms with E-state index < -0.39 is 5.79 Å². The van der Waals surface area contributed by atoms with E-state index >= 15 is 0 Å². The minimum Gasteiger partial charge on any atom is -0.344 e. The Labute approximate surface area is 123 Å². The monoisotopic (exact) mass is 278 g/mol. The van der Waals surface area contributed by atoms with E-state index in [2.05, 4.69) is 41.5 Å². The van der Waals surface area contributed by atoms with Crippen LogP contribution in [0.4, 0.5) is 0 Å².